The Kier molecular flexibility index (Phi) is 8.52. The van der Waals surface area contributed by atoms with E-state index in [9.17, 15) is 13.2 Å². The Morgan fingerprint density at radius 1 is 1.06 bits per heavy atom. The fourth-order valence-electron chi connectivity index (χ4n) is 3.03. The highest BCUT2D eigenvalue weighted by Crippen LogP contribution is 2.28. The molecule has 3 rings (SSSR count). The first-order valence-electron chi connectivity index (χ1n) is 9.72. The number of halogens is 2. The summed E-state index contributed by atoms with van der Waals surface area (Å²) in [5.41, 5.74) is 1.57. The Bertz CT molecular complexity index is 1170. The topological polar surface area (TPSA) is 75.7 Å². The summed E-state index contributed by atoms with van der Waals surface area (Å²) < 4.78 is 34.1. The number of ether oxygens (including phenoxy) is 1. The lowest BCUT2D eigenvalue weighted by atomic mass is 10.1. The second kappa shape index (κ2) is 11.1. The van der Waals surface area contributed by atoms with E-state index in [1.165, 1.54) is 29.6 Å². The fraction of sp³-hybridized carbons (Fsp3) is 0.174. The number of nitrogens with zero attached hydrogens (tertiary/aromatic N) is 1. The van der Waals surface area contributed by atoms with Gasteiger partial charge in [0, 0.05) is 15.8 Å². The smallest absolute Gasteiger partial charge is 0.243 e. The van der Waals surface area contributed by atoms with E-state index in [1.54, 1.807) is 12.1 Å². The summed E-state index contributed by atoms with van der Waals surface area (Å²) in [5.74, 6) is -0.0552. The number of nitrogens with one attached hydrogen (secondary N) is 1. The summed E-state index contributed by atoms with van der Waals surface area (Å²) in [7, 11) is -2.53. The minimum Gasteiger partial charge on any atom is -0.495 e. The summed E-state index contributed by atoms with van der Waals surface area (Å²) in [4.78, 5) is 12.7. The molecule has 3 aromatic carbocycles. The van der Waals surface area contributed by atoms with E-state index in [2.05, 4.69) is 27.9 Å². The third kappa shape index (κ3) is 6.44. The van der Waals surface area contributed by atoms with Gasteiger partial charge in [0.25, 0.3) is 0 Å². The number of sulfonamides is 1. The molecule has 0 atom stereocenters. The Labute approximate surface area is 206 Å². The number of benzene rings is 3. The van der Waals surface area contributed by atoms with Crippen molar-refractivity contribution in [3.05, 3.63) is 87.0 Å². The molecule has 32 heavy (non-hydrogen) atoms. The van der Waals surface area contributed by atoms with Gasteiger partial charge in [-0.15, -0.1) is 0 Å². The quantitative estimate of drug-likeness (QED) is 0.366. The molecule has 168 valence electrons. The Hall–Kier alpha value is -2.14. The summed E-state index contributed by atoms with van der Waals surface area (Å²) in [6, 6.07) is 21.0. The van der Waals surface area contributed by atoms with Crippen molar-refractivity contribution >= 4 is 55.8 Å². The van der Waals surface area contributed by atoms with Gasteiger partial charge in [-0.25, -0.2) is 8.42 Å². The summed E-state index contributed by atoms with van der Waals surface area (Å²) in [5, 5.41) is 2.94. The number of carbonyl (C=O) groups is 1. The van der Waals surface area contributed by atoms with E-state index in [0.29, 0.717) is 17.9 Å². The van der Waals surface area contributed by atoms with E-state index in [4.69, 9.17) is 16.3 Å². The van der Waals surface area contributed by atoms with Crippen LogP contribution in [0.1, 0.15) is 5.56 Å². The van der Waals surface area contributed by atoms with Gasteiger partial charge >= 0.3 is 0 Å². The van der Waals surface area contributed by atoms with Gasteiger partial charge in [0.15, 0.2) is 0 Å². The molecule has 0 heterocycles. The summed E-state index contributed by atoms with van der Waals surface area (Å²) in [6.45, 7) is -0.194. The van der Waals surface area contributed by atoms with Crippen LogP contribution < -0.4 is 10.1 Å². The Morgan fingerprint density at radius 3 is 2.38 bits per heavy atom. The molecule has 0 saturated heterocycles. The van der Waals surface area contributed by atoms with Crippen molar-refractivity contribution in [2.75, 3.05) is 25.5 Å². The summed E-state index contributed by atoms with van der Waals surface area (Å²) in [6.07, 6.45) is 0.459. The number of methoxy groups -OCH3 is 1. The van der Waals surface area contributed by atoms with Crippen molar-refractivity contribution < 1.29 is 17.9 Å². The van der Waals surface area contributed by atoms with E-state index >= 15 is 0 Å². The molecular formula is C23H22ClIN2O4S. The number of rotatable bonds is 9. The number of hydrogen-bond donors (Lipinski definition) is 1. The zero-order valence-corrected chi connectivity index (χ0v) is 21.0. The minimum absolute atomic E-state index is 0.00146. The molecule has 9 heteroatoms. The lowest BCUT2D eigenvalue weighted by molar-refractivity contribution is -0.116. The van der Waals surface area contributed by atoms with Gasteiger partial charge in [0.05, 0.1) is 23.6 Å². The number of carbonyl (C=O) groups excluding carboxylic acids is 1. The van der Waals surface area contributed by atoms with Gasteiger partial charge in [0.1, 0.15) is 5.75 Å². The van der Waals surface area contributed by atoms with E-state index in [0.717, 1.165) is 9.13 Å². The first-order valence-corrected chi connectivity index (χ1v) is 12.6. The molecular weight excluding hydrogens is 563 g/mol. The first-order chi connectivity index (χ1) is 15.3. The van der Waals surface area contributed by atoms with Crippen LogP contribution in [0, 0.1) is 3.57 Å². The minimum atomic E-state index is -3.98. The normalized spacial score (nSPS) is 11.4. The molecule has 0 aliphatic carbocycles. The highest BCUT2D eigenvalue weighted by atomic mass is 127. The van der Waals surface area contributed by atoms with Crippen molar-refractivity contribution in [3.63, 3.8) is 0 Å². The maximum absolute atomic E-state index is 13.4. The molecule has 3 aromatic rings. The fourth-order valence-corrected chi connectivity index (χ4v) is 5.14. The first kappa shape index (κ1) is 24.5. The zero-order valence-electron chi connectivity index (χ0n) is 17.3. The SMILES string of the molecule is COc1ccc(S(=O)(=O)N(CCc2ccccc2)CC(=O)Nc2ccc(I)cc2)cc1Cl. The van der Waals surface area contributed by atoms with Crippen molar-refractivity contribution in [2.45, 2.75) is 11.3 Å². The van der Waals surface area contributed by atoms with Gasteiger partial charge in [-0.05, 0) is 77.0 Å². The molecule has 0 spiro atoms. The standard InChI is InChI=1S/C23H22ClIN2O4S/c1-31-22-12-11-20(15-21(22)24)32(29,30)27(14-13-17-5-3-2-4-6-17)16-23(28)26-19-9-7-18(25)8-10-19/h2-12,15H,13-14,16H2,1H3,(H,26,28). The average molecular weight is 585 g/mol. The van der Waals surface area contributed by atoms with Gasteiger partial charge in [-0.2, -0.15) is 4.31 Å². The predicted molar refractivity (Wildman–Crippen MR) is 135 cm³/mol. The van der Waals surface area contributed by atoms with Crippen LogP contribution in [0.15, 0.2) is 77.7 Å². The highest BCUT2D eigenvalue weighted by Gasteiger charge is 2.27. The molecule has 0 aromatic heterocycles. The van der Waals surface area contributed by atoms with Gasteiger partial charge in [-0.3, -0.25) is 4.79 Å². The van der Waals surface area contributed by atoms with Crippen molar-refractivity contribution in [2.24, 2.45) is 0 Å². The van der Waals surface area contributed by atoms with E-state index in [-0.39, 0.29) is 23.0 Å². The molecule has 0 bridgehead atoms. The highest BCUT2D eigenvalue weighted by molar-refractivity contribution is 14.1. The lowest BCUT2D eigenvalue weighted by Gasteiger charge is -2.22. The summed E-state index contributed by atoms with van der Waals surface area (Å²) >= 11 is 8.32. The second-order valence-electron chi connectivity index (χ2n) is 6.93. The number of hydrogen-bond acceptors (Lipinski definition) is 4. The van der Waals surface area contributed by atoms with Crippen molar-refractivity contribution in [1.29, 1.82) is 0 Å². The number of amides is 1. The molecule has 0 saturated carbocycles. The molecule has 0 unspecified atom stereocenters. The molecule has 0 radical (unpaired) electrons. The van der Waals surface area contributed by atoms with Gasteiger partial charge in [0.2, 0.25) is 15.9 Å². The van der Waals surface area contributed by atoms with Crippen LogP contribution in [0.5, 0.6) is 5.75 Å². The van der Waals surface area contributed by atoms with Crippen LogP contribution in [-0.4, -0.2) is 38.8 Å². The van der Waals surface area contributed by atoms with E-state index < -0.39 is 15.9 Å². The molecule has 1 N–H and O–H groups in total. The van der Waals surface area contributed by atoms with Gasteiger partial charge in [-0.1, -0.05) is 41.9 Å². The van der Waals surface area contributed by atoms with Crippen LogP contribution in [-0.2, 0) is 21.2 Å². The van der Waals surface area contributed by atoms with E-state index in [1.807, 2.05) is 42.5 Å². The third-order valence-corrected chi connectivity index (χ3v) is 7.56. The average Bonchev–Trinajstić information content (AvgIpc) is 2.78. The van der Waals surface area contributed by atoms with Crippen LogP contribution in [0.3, 0.4) is 0 Å². The molecule has 0 aliphatic heterocycles. The van der Waals surface area contributed by atoms with Crippen LogP contribution in [0.25, 0.3) is 0 Å². The third-order valence-electron chi connectivity index (χ3n) is 4.70. The van der Waals surface area contributed by atoms with Crippen molar-refractivity contribution in [3.8, 4) is 5.75 Å². The zero-order chi connectivity index (χ0) is 23.1. The maximum Gasteiger partial charge on any atom is 0.243 e. The lowest BCUT2D eigenvalue weighted by Crippen LogP contribution is -2.39. The largest absolute Gasteiger partial charge is 0.495 e. The van der Waals surface area contributed by atoms with Crippen LogP contribution >= 0.6 is 34.2 Å². The molecule has 0 fully saturated rings. The molecule has 1 amide bonds. The Morgan fingerprint density at radius 2 is 1.75 bits per heavy atom. The molecule has 6 nitrogen and oxygen atoms in total. The Balaban J connectivity index is 1.84. The van der Waals surface area contributed by atoms with Crippen LogP contribution in [0.2, 0.25) is 5.02 Å². The second-order valence-corrected chi connectivity index (χ2v) is 10.5. The van der Waals surface area contributed by atoms with Crippen molar-refractivity contribution in [1.82, 2.24) is 4.31 Å². The monoisotopic (exact) mass is 584 g/mol. The van der Waals surface area contributed by atoms with Gasteiger partial charge < -0.3 is 10.1 Å². The predicted octanol–water partition coefficient (Wildman–Crippen LogP) is 4.83. The van der Waals surface area contributed by atoms with Crippen LogP contribution in [0.4, 0.5) is 5.69 Å². The molecule has 0 aliphatic rings. The number of anilines is 1. The maximum atomic E-state index is 13.4.